The molecule has 1 atom stereocenters. The summed E-state index contributed by atoms with van der Waals surface area (Å²) in [7, 11) is 0. The second-order valence-corrected chi connectivity index (χ2v) is 6.66. The number of aromatic nitrogens is 2. The van der Waals surface area contributed by atoms with E-state index in [-0.39, 0.29) is 11.9 Å². The van der Waals surface area contributed by atoms with E-state index in [2.05, 4.69) is 26.6 Å². The summed E-state index contributed by atoms with van der Waals surface area (Å²) in [5.41, 5.74) is 3.32. The van der Waals surface area contributed by atoms with Crippen LogP contribution in [-0.4, -0.2) is 39.3 Å². The van der Waals surface area contributed by atoms with Gasteiger partial charge in [-0.2, -0.15) is 0 Å². The maximum atomic E-state index is 9.73. The van der Waals surface area contributed by atoms with Gasteiger partial charge < -0.3 is 9.84 Å². The Kier molecular flexibility index (Phi) is 4.73. The summed E-state index contributed by atoms with van der Waals surface area (Å²) in [6.07, 6.45) is 1.94. The monoisotopic (exact) mass is 349 g/mol. The third-order valence-electron chi connectivity index (χ3n) is 4.80. The molecule has 0 bridgehead atoms. The number of phenolic OH excluding ortho intramolecular Hbond substituents is 1. The first-order valence-electron chi connectivity index (χ1n) is 8.92. The molecule has 0 saturated carbocycles. The highest BCUT2D eigenvalue weighted by Gasteiger charge is 2.23. The molecule has 1 unspecified atom stereocenters. The molecule has 1 N–H and O–H groups in total. The zero-order valence-electron chi connectivity index (χ0n) is 14.9. The number of phenols is 1. The zero-order chi connectivity index (χ0) is 17.9. The fourth-order valence-corrected chi connectivity index (χ4v) is 3.53. The van der Waals surface area contributed by atoms with Crippen molar-refractivity contribution in [2.45, 2.75) is 19.6 Å². The lowest BCUT2D eigenvalue weighted by Crippen LogP contribution is -2.38. The number of hydrogen-bond acceptors (Lipinski definition) is 4. The Balaban J connectivity index is 1.53. The molecule has 26 heavy (non-hydrogen) atoms. The third kappa shape index (κ3) is 3.49. The number of aromatic hydroxyl groups is 1. The molecule has 0 amide bonds. The second-order valence-electron chi connectivity index (χ2n) is 6.66. The highest BCUT2D eigenvalue weighted by molar-refractivity contribution is 5.35. The molecular formula is C21H23N3O2. The summed E-state index contributed by atoms with van der Waals surface area (Å²) < 4.78 is 8.14. The minimum atomic E-state index is -0.0231. The Labute approximate surface area is 153 Å². The molecule has 0 radical (unpaired) electrons. The van der Waals surface area contributed by atoms with E-state index in [1.807, 2.05) is 43.5 Å². The standard InChI is InChI=1S/C21H23N3O2/c1-16-22-13-19(24(16)18-7-3-2-4-8-18)14-23-10-11-26-21(15-23)17-6-5-9-20(25)12-17/h2-9,12-13,21,25H,10-11,14-15H2,1H3. The molecule has 1 aliphatic rings. The molecule has 2 aromatic carbocycles. The van der Waals surface area contributed by atoms with Gasteiger partial charge in [0.05, 0.1) is 24.6 Å². The van der Waals surface area contributed by atoms with E-state index in [4.69, 9.17) is 4.74 Å². The Morgan fingerprint density at radius 2 is 2.00 bits per heavy atom. The summed E-state index contributed by atoms with van der Waals surface area (Å²) in [4.78, 5) is 6.90. The van der Waals surface area contributed by atoms with Crippen LogP contribution in [0.1, 0.15) is 23.2 Å². The average molecular weight is 349 g/mol. The summed E-state index contributed by atoms with van der Waals surface area (Å²) in [5, 5.41) is 9.73. The first kappa shape index (κ1) is 16.8. The number of benzene rings is 2. The van der Waals surface area contributed by atoms with Gasteiger partial charge in [0, 0.05) is 25.3 Å². The van der Waals surface area contributed by atoms with E-state index < -0.39 is 0 Å². The number of rotatable bonds is 4. The van der Waals surface area contributed by atoms with E-state index >= 15 is 0 Å². The van der Waals surface area contributed by atoms with Crippen molar-refractivity contribution in [1.29, 1.82) is 0 Å². The lowest BCUT2D eigenvalue weighted by atomic mass is 10.1. The Hall–Kier alpha value is -2.63. The number of morpholine rings is 1. The molecule has 134 valence electrons. The first-order chi connectivity index (χ1) is 12.7. The maximum Gasteiger partial charge on any atom is 0.115 e. The van der Waals surface area contributed by atoms with Gasteiger partial charge in [-0.1, -0.05) is 30.3 Å². The van der Waals surface area contributed by atoms with Gasteiger partial charge >= 0.3 is 0 Å². The number of imidazole rings is 1. The van der Waals surface area contributed by atoms with E-state index in [0.717, 1.165) is 36.7 Å². The molecule has 0 spiro atoms. The largest absolute Gasteiger partial charge is 0.508 e. The van der Waals surface area contributed by atoms with Crippen LogP contribution in [0.4, 0.5) is 0 Å². The second kappa shape index (κ2) is 7.32. The number of aryl methyl sites for hydroxylation is 1. The summed E-state index contributed by atoms with van der Waals surface area (Å²) >= 11 is 0. The number of ether oxygens (including phenoxy) is 1. The van der Waals surface area contributed by atoms with Crippen molar-refractivity contribution in [2.24, 2.45) is 0 Å². The molecule has 0 aliphatic carbocycles. The molecule has 1 aromatic heterocycles. The Morgan fingerprint density at radius 3 is 2.81 bits per heavy atom. The number of nitrogens with zero attached hydrogens (tertiary/aromatic N) is 3. The van der Waals surface area contributed by atoms with E-state index in [0.29, 0.717) is 6.61 Å². The van der Waals surface area contributed by atoms with E-state index in [9.17, 15) is 5.11 Å². The minimum Gasteiger partial charge on any atom is -0.508 e. The van der Waals surface area contributed by atoms with Crippen molar-refractivity contribution in [1.82, 2.24) is 14.5 Å². The van der Waals surface area contributed by atoms with Crippen molar-refractivity contribution >= 4 is 0 Å². The zero-order valence-corrected chi connectivity index (χ0v) is 14.9. The van der Waals surface area contributed by atoms with Gasteiger partial charge in [0.2, 0.25) is 0 Å². The SMILES string of the molecule is Cc1ncc(CN2CCOC(c3cccc(O)c3)C2)n1-c1ccccc1. The molecule has 1 saturated heterocycles. The Morgan fingerprint density at radius 1 is 1.15 bits per heavy atom. The molecular weight excluding hydrogens is 326 g/mol. The van der Waals surface area contributed by atoms with Crippen LogP contribution in [0.3, 0.4) is 0 Å². The molecule has 5 nitrogen and oxygen atoms in total. The summed E-state index contributed by atoms with van der Waals surface area (Å²) in [6, 6.07) is 17.7. The van der Waals surface area contributed by atoms with Gasteiger partial charge in [0.1, 0.15) is 11.6 Å². The summed E-state index contributed by atoms with van der Waals surface area (Å²) in [5.74, 6) is 1.27. The Bertz CT molecular complexity index is 876. The van der Waals surface area contributed by atoms with Crippen LogP contribution in [0.15, 0.2) is 60.8 Å². The quantitative estimate of drug-likeness (QED) is 0.784. The predicted molar refractivity (Wildman–Crippen MR) is 100 cm³/mol. The number of hydrogen-bond donors (Lipinski definition) is 1. The smallest absolute Gasteiger partial charge is 0.115 e. The normalized spacial score (nSPS) is 18.1. The highest BCUT2D eigenvalue weighted by atomic mass is 16.5. The van der Waals surface area contributed by atoms with Crippen molar-refractivity contribution < 1.29 is 9.84 Å². The lowest BCUT2D eigenvalue weighted by molar-refractivity contribution is -0.0335. The fourth-order valence-electron chi connectivity index (χ4n) is 3.53. The van der Waals surface area contributed by atoms with Gasteiger partial charge in [-0.15, -0.1) is 0 Å². The van der Waals surface area contributed by atoms with Gasteiger partial charge in [0.25, 0.3) is 0 Å². The van der Waals surface area contributed by atoms with Crippen molar-refractivity contribution in [3.63, 3.8) is 0 Å². The van der Waals surface area contributed by atoms with Crippen molar-refractivity contribution in [2.75, 3.05) is 19.7 Å². The van der Waals surface area contributed by atoms with Gasteiger partial charge in [-0.25, -0.2) is 4.98 Å². The molecule has 5 heteroatoms. The van der Waals surface area contributed by atoms with Crippen LogP contribution >= 0.6 is 0 Å². The number of para-hydroxylation sites is 1. The third-order valence-corrected chi connectivity index (χ3v) is 4.80. The van der Waals surface area contributed by atoms with Gasteiger partial charge in [-0.05, 0) is 36.8 Å². The lowest BCUT2D eigenvalue weighted by Gasteiger charge is -2.33. The predicted octanol–water partition coefficient (Wildman–Crippen LogP) is 3.46. The van der Waals surface area contributed by atoms with Crippen LogP contribution in [-0.2, 0) is 11.3 Å². The average Bonchev–Trinajstić information content (AvgIpc) is 3.03. The van der Waals surface area contributed by atoms with Crippen molar-refractivity contribution in [3.05, 3.63) is 77.9 Å². The fraction of sp³-hybridized carbons (Fsp3) is 0.286. The van der Waals surface area contributed by atoms with Gasteiger partial charge in [0.15, 0.2) is 0 Å². The molecule has 2 heterocycles. The molecule has 1 aliphatic heterocycles. The first-order valence-corrected chi connectivity index (χ1v) is 8.92. The maximum absolute atomic E-state index is 9.73. The van der Waals surface area contributed by atoms with Crippen LogP contribution < -0.4 is 0 Å². The summed E-state index contributed by atoms with van der Waals surface area (Å²) in [6.45, 7) is 5.20. The van der Waals surface area contributed by atoms with Crippen LogP contribution in [0, 0.1) is 6.92 Å². The topological polar surface area (TPSA) is 50.5 Å². The van der Waals surface area contributed by atoms with Crippen LogP contribution in [0.2, 0.25) is 0 Å². The molecule has 1 fully saturated rings. The molecule has 4 rings (SSSR count). The van der Waals surface area contributed by atoms with Crippen LogP contribution in [0.25, 0.3) is 5.69 Å². The van der Waals surface area contributed by atoms with E-state index in [1.165, 1.54) is 5.69 Å². The minimum absolute atomic E-state index is 0.0231. The highest BCUT2D eigenvalue weighted by Crippen LogP contribution is 2.26. The molecule has 3 aromatic rings. The van der Waals surface area contributed by atoms with Crippen molar-refractivity contribution in [3.8, 4) is 11.4 Å². The van der Waals surface area contributed by atoms with E-state index in [1.54, 1.807) is 12.1 Å². The van der Waals surface area contributed by atoms with Gasteiger partial charge in [-0.3, -0.25) is 9.47 Å². The van der Waals surface area contributed by atoms with Crippen LogP contribution in [0.5, 0.6) is 5.75 Å².